The second-order valence-electron chi connectivity index (χ2n) is 2.89. The summed E-state index contributed by atoms with van der Waals surface area (Å²) in [5.41, 5.74) is 0. The average Bonchev–Trinajstić information content (AvgIpc) is 2.71. The zero-order valence-electron chi connectivity index (χ0n) is 8.27. The number of halogens is 1. The number of hydrogen-bond acceptors (Lipinski definition) is 5. The minimum atomic E-state index is -0.183. The highest BCUT2D eigenvalue weighted by atomic mass is 35.5. The molecule has 15 heavy (non-hydrogen) atoms. The first kappa shape index (κ1) is 12.4. The van der Waals surface area contributed by atoms with Crippen molar-refractivity contribution < 1.29 is 9.53 Å². The lowest BCUT2D eigenvalue weighted by molar-refractivity contribution is 0.0899. The van der Waals surface area contributed by atoms with Crippen molar-refractivity contribution in [2.75, 3.05) is 19.6 Å². The molecular formula is C8H12ClN3O2S. The average molecular weight is 250 g/mol. The van der Waals surface area contributed by atoms with Crippen molar-refractivity contribution in [1.82, 2.24) is 14.9 Å². The maximum Gasteiger partial charge on any atom is 0.264 e. The van der Waals surface area contributed by atoms with E-state index in [9.17, 15) is 4.79 Å². The van der Waals surface area contributed by atoms with Gasteiger partial charge in [-0.3, -0.25) is 4.79 Å². The number of rotatable bonds is 6. The molecular weight excluding hydrogens is 238 g/mol. The number of nitrogens with one attached hydrogen (secondary N) is 1. The summed E-state index contributed by atoms with van der Waals surface area (Å²) >= 11 is 6.67. The first-order chi connectivity index (χ1) is 7.27. The first-order valence-electron chi connectivity index (χ1n) is 4.41. The van der Waals surface area contributed by atoms with E-state index in [4.69, 9.17) is 16.3 Å². The molecule has 1 unspecified atom stereocenters. The predicted octanol–water partition coefficient (Wildman–Crippen LogP) is 0.912. The Kier molecular flexibility index (Phi) is 5.52. The van der Waals surface area contributed by atoms with Crippen LogP contribution in [0.1, 0.15) is 16.1 Å². The third-order valence-corrected chi connectivity index (χ3v) is 2.63. The fourth-order valence-electron chi connectivity index (χ4n) is 1.05. The Morgan fingerprint density at radius 2 is 2.60 bits per heavy atom. The van der Waals surface area contributed by atoms with E-state index >= 15 is 0 Å². The number of methoxy groups -OCH3 is 1. The van der Waals surface area contributed by atoms with Crippen LogP contribution in [0.3, 0.4) is 0 Å². The quantitative estimate of drug-likeness (QED) is 0.762. The van der Waals surface area contributed by atoms with Gasteiger partial charge in [0, 0.05) is 13.0 Å². The van der Waals surface area contributed by atoms with Gasteiger partial charge >= 0.3 is 0 Å². The summed E-state index contributed by atoms with van der Waals surface area (Å²) in [5.74, 6) is 0.298. The van der Waals surface area contributed by atoms with Gasteiger partial charge in [0.05, 0.1) is 18.8 Å². The van der Waals surface area contributed by atoms with E-state index in [1.165, 1.54) is 6.20 Å². The van der Waals surface area contributed by atoms with E-state index in [0.717, 1.165) is 11.5 Å². The molecule has 0 saturated heterocycles. The molecule has 0 aromatic carbocycles. The van der Waals surface area contributed by atoms with Gasteiger partial charge in [0.1, 0.15) is 4.88 Å². The third kappa shape index (κ3) is 4.11. The van der Waals surface area contributed by atoms with Gasteiger partial charge in [-0.05, 0) is 18.0 Å². The zero-order chi connectivity index (χ0) is 11.1. The molecule has 1 rings (SSSR count). The van der Waals surface area contributed by atoms with E-state index < -0.39 is 0 Å². The third-order valence-electron chi connectivity index (χ3n) is 1.75. The Morgan fingerprint density at radius 3 is 3.13 bits per heavy atom. The monoisotopic (exact) mass is 249 g/mol. The molecule has 0 spiro atoms. The molecule has 1 atom stereocenters. The molecule has 0 fully saturated rings. The first-order valence-corrected chi connectivity index (χ1v) is 5.71. The van der Waals surface area contributed by atoms with Crippen LogP contribution in [0.4, 0.5) is 0 Å². The van der Waals surface area contributed by atoms with Gasteiger partial charge in [-0.15, -0.1) is 16.7 Å². The summed E-state index contributed by atoms with van der Waals surface area (Å²) in [6.45, 7) is 0.449. The minimum absolute atomic E-state index is 0.0675. The van der Waals surface area contributed by atoms with Gasteiger partial charge in [-0.25, -0.2) is 0 Å². The largest absolute Gasteiger partial charge is 0.383 e. The molecule has 0 saturated carbocycles. The highest BCUT2D eigenvalue weighted by molar-refractivity contribution is 7.07. The molecule has 84 valence electrons. The van der Waals surface area contributed by atoms with Crippen LogP contribution in [-0.4, -0.2) is 41.1 Å². The standard InChI is InChI=1S/C8H12ClN3O2S/c1-14-5-6(2-3-9)11-8(13)7-4-10-12-15-7/h4,6H,2-3,5H2,1H3,(H,11,13). The fourth-order valence-corrected chi connectivity index (χ4v) is 1.74. The van der Waals surface area contributed by atoms with E-state index in [0.29, 0.717) is 23.8 Å². The Bertz CT molecular complexity index is 288. The molecule has 0 aliphatic rings. The van der Waals surface area contributed by atoms with Crippen molar-refractivity contribution >= 4 is 29.0 Å². The molecule has 0 bridgehead atoms. The van der Waals surface area contributed by atoms with Crippen molar-refractivity contribution in [2.24, 2.45) is 0 Å². The number of alkyl halides is 1. The van der Waals surface area contributed by atoms with Crippen molar-refractivity contribution in [3.8, 4) is 0 Å². The topological polar surface area (TPSA) is 64.1 Å². The van der Waals surface area contributed by atoms with Crippen LogP contribution < -0.4 is 5.32 Å². The second kappa shape index (κ2) is 6.71. The molecule has 1 aromatic heterocycles. The molecule has 7 heteroatoms. The van der Waals surface area contributed by atoms with Crippen molar-refractivity contribution in [3.05, 3.63) is 11.1 Å². The lowest BCUT2D eigenvalue weighted by Crippen LogP contribution is -2.38. The Hall–Kier alpha value is -0.720. The van der Waals surface area contributed by atoms with Gasteiger partial charge < -0.3 is 10.1 Å². The van der Waals surface area contributed by atoms with Crippen LogP contribution in [-0.2, 0) is 4.74 Å². The second-order valence-corrected chi connectivity index (χ2v) is 4.05. The SMILES string of the molecule is COCC(CCCl)NC(=O)c1cnns1. The van der Waals surface area contributed by atoms with Crippen LogP contribution in [0.5, 0.6) is 0 Å². The van der Waals surface area contributed by atoms with Gasteiger partial charge in [0.15, 0.2) is 0 Å². The lowest BCUT2D eigenvalue weighted by Gasteiger charge is -2.15. The lowest BCUT2D eigenvalue weighted by atomic mass is 10.2. The van der Waals surface area contributed by atoms with Crippen LogP contribution in [0.15, 0.2) is 6.20 Å². The molecule has 1 aromatic rings. The van der Waals surface area contributed by atoms with E-state index in [1.807, 2.05) is 0 Å². The molecule has 5 nitrogen and oxygen atoms in total. The molecule has 1 amide bonds. The van der Waals surface area contributed by atoms with Crippen LogP contribution >= 0.6 is 23.1 Å². The van der Waals surface area contributed by atoms with Gasteiger partial charge in [0.2, 0.25) is 0 Å². The van der Waals surface area contributed by atoms with Crippen LogP contribution in [0, 0.1) is 0 Å². The van der Waals surface area contributed by atoms with E-state index in [2.05, 4.69) is 14.9 Å². The maximum atomic E-state index is 11.6. The number of carbonyl (C=O) groups is 1. The highest BCUT2D eigenvalue weighted by Gasteiger charge is 2.14. The highest BCUT2D eigenvalue weighted by Crippen LogP contribution is 2.03. The molecule has 0 radical (unpaired) electrons. The Morgan fingerprint density at radius 1 is 1.80 bits per heavy atom. The summed E-state index contributed by atoms with van der Waals surface area (Å²) in [5, 5.41) is 6.40. The number of aromatic nitrogens is 2. The predicted molar refractivity (Wildman–Crippen MR) is 58.4 cm³/mol. The Balaban J connectivity index is 2.47. The van der Waals surface area contributed by atoms with Crippen molar-refractivity contribution in [2.45, 2.75) is 12.5 Å². The number of nitrogens with zero attached hydrogens (tertiary/aromatic N) is 2. The smallest absolute Gasteiger partial charge is 0.264 e. The van der Waals surface area contributed by atoms with Gasteiger partial charge in [-0.2, -0.15) is 0 Å². The van der Waals surface area contributed by atoms with Crippen LogP contribution in [0.25, 0.3) is 0 Å². The summed E-state index contributed by atoms with van der Waals surface area (Å²) in [4.78, 5) is 12.1. The van der Waals surface area contributed by atoms with Gasteiger partial charge in [-0.1, -0.05) is 4.49 Å². The normalized spacial score (nSPS) is 12.4. The van der Waals surface area contributed by atoms with Crippen molar-refractivity contribution in [1.29, 1.82) is 0 Å². The number of carbonyl (C=O) groups excluding carboxylic acids is 1. The number of hydrogen-bond donors (Lipinski definition) is 1. The molecule has 0 aliphatic carbocycles. The molecule has 1 N–H and O–H groups in total. The summed E-state index contributed by atoms with van der Waals surface area (Å²) < 4.78 is 8.59. The van der Waals surface area contributed by atoms with Gasteiger partial charge in [0.25, 0.3) is 5.91 Å². The zero-order valence-corrected chi connectivity index (χ0v) is 9.85. The molecule has 1 heterocycles. The van der Waals surface area contributed by atoms with Crippen molar-refractivity contribution in [3.63, 3.8) is 0 Å². The summed E-state index contributed by atoms with van der Waals surface area (Å²) in [6.07, 6.45) is 2.11. The van der Waals surface area contributed by atoms with E-state index in [1.54, 1.807) is 7.11 Å². The van der Waals surface area contributed by atoms with Crippen LogP contribution in [0.2, 0.25) is 0 Å². The Labute approximate surface area is 96.9 Å². The summed E-state index contributed by atoms with van der Waals surface area (Å²) in [7, 11) is 1.58. The number of amides is 1. The fraction of sp³-hybridized carbons (Fsp3) is 0.625. The molecule has 0 aliphatic heterocycles. The minimum Gasteiger partial charge on any atom is -0.383 e. The van der Waals surface area contributed by atoms with E-state index in [-0.39, 0.29) is 11.9 Å². The summed E-state index contributed by atoms with van der Waals surface area (Å²) in [6, 6.07) is -0.0675. The maximum absolute atomic E-state index is 11.6. The number of ether oxygens (including phenoxy) is 1.